The Morgan fingerprint density at radius 3 is 2.96 bits per heavy atom. The van der Waals surface area contributed by atoms with E-state index in [1.165, 1.54) is 37.2 Å². The molecule has 2 atom stereocenters. The number of amides is 1. The molecule has 0 spiro atoms. The highest BCUT2D eigenvalue weighted by atomic mass is 32.1. The van der Waals surface area contributed by atoms with Crippen molar-refractivity contribution in [1.82, 2.24) is 15.5 Å². The minimum absolute atomic E-state index is 0.110. The van der Waals surface area contributed by atoms with Crippen molar-refractivity contribution in [3.8, 4) is 0 Å². The number of nitrogens with zero attached hydrogens (tertiary/aromatic N) is 1. The van der Waals surface area contributed by atoms with Crippen LogP contribution < -0.4 is 10.6 Å². The number of carbonyl (C=O) groups is 1. The molecule has 2 saturated heterocycles. The Morgan fingerprint density at radius 1 is 1.30 bits per heavy atom. The molecule has 23 heavy (non-hydrogen) atoms. The molecule has 2 fully saturated rings. The lowest BCUT2D eigenvalue weighted by molar-refractivity contribution is -0.121. The second-order valence-electron chi connectivity index (χ2n) is 6.37. The van der Waals surface area contributed by atoms with Gasteiger partial charge in [0, 0.05) is 23.9 Å². The fourth-order valence-corrected chi connectivity index (χ4v) is 4.05. The van der Waals surface area contributed by atoms with Crippen LogP contribution in [0, 0.1) is 0 Å². The van der Waals surface area contributed by atoms with Crippen molar-refractivity contribution in [2.24, 2.45) is 0 Å². The van der Waals surface area contributed by atoms with Crippen LogP contribution >= 0.6 is 11.3 Å². The van der Waals surface area contributed by atoms with Crippen LogP contribution in [-0.2, 0) is 16.1 Å². The maximum absolute atomic E-state index is 11.9. The molecule has 0 aliphatic carbocycles. The van der Waals surface area contributed by atoms with Gasteiger partial charge >= 0.3 is 0 Å². The van der Waals surface area contributed by atoms with Crippen molar-refractivity contribution < 1.29 is 9.53 Å². The van der Waals surface area contributed by atoms with E-state index < -0.39 is 0 Å². The van der Waals surface area contributed by atoms with Gasteiger partial charge in [0.2, 0.25) is 5.91 Å². The zero-order chi connectivity index (χ0) is 15.9. The Hall–Kier alpha value is -0.950. The first-order valence-corrected chi connectivity index (χ1v) is 9.55. The normalized spacial score (nSPS) is 25.6. The number of likely N-dealkylation sites (tertiary alicyclic amines) is 1. The molecule has 1 aromatic heterocycles. The zero-order valence-corrected chi connectivity index (χ0v) is 14.4. The Labute approximate surface area is 142 Å². The van der Waals surface area contributed by atoms with Gasteiger partial charge in [-0.2, -0.15) is 0 Å². The Bertz CT molecular complexity index is 474. The summed E-state index contributed by atoms with van der Waals surface area (Å²) in [6.07, 6.45) is 4.48. The number of hydrogen-bond acceptors (Lipinski definition) is 5. The van der Waals surface area contributed by atoms with Crippen molar-refractivity contribution in [3.63, 3.8) is 0 Å². The first kappa shape index (κ1) is 16.9. The van der Waals surface area contributed by atoms with E-state index in [0.717, 1.165) is 13.2 Å². The van der Waals surface area contributed by atoms with Gasteiger partial charge in [0.25, 0.3) is 0 Å². The maximum atomic E-state index is 11.9. The van der Waals surface area contributed by atoms with Crippen LogP contribution in [0.3, 0.4) is 0 Å². The van der Waals surface area contributed by atoms with Gasteiger partial charge in [-0.05, 0) is 37.4 Å². The molecule has 0 radical (unpaired) electrons. The average molecular weight is 337 g/mol. The molecule has 0 bridgehead atoms. The lowest BCUT2D eigenvalue weighted by Crippen LogP contribution is -2.51. The van der Waals surface area contributed by atoms with Crippen LogP contribution in [0.2, 0.25) is 0 Å². The van der Waals surface area contributed by atoms with E-state index >= 15 is 0 Å². The predicted molar refractivity (Wildman–Crippen MR) is 92.6 cm³/mol. The molecule has 1 amide bonds. The molecule has 3 rings (SSSR count). The third-order valence-electron chi connectivity index (χ3n) is 4.71. The lowest BCUT2D eigenvalue weighted by Gasteiger charge is -2.34. The van der Waals surface area contributed by atoms with E-state index in [-0.39, 0.29) is 5.91 Å². The van der Waals surface area contributed by atoms with Gasteiger partial charge in [-0.3, -0.25) is 9.69 Å². The third kappa shape index (κ3) is 5.01. The molecule has 2 aliphatic heterocycles. The minimum Gasteiger partial charge on any atom is -0.378 e. The van der Waals surface area contributed by atoms with Crippen molar-refractivity contribution in [2.45, 2.75) is 44.3 Å². The number of nitrogens with one attached hydrogen (secondary N) is 2. The number of carbonyl (C=O) groups excluding carboxylic acids is 1. The van der Waals surface area contributed by atoms with Gasteiger partial charge < -0.3 is 15.4 Å². The quantitative estimate of drug-likeness (QED) is 0.793. The number of thiophene rings is 1. The highest BCUT2D eigenvalue weighted by Crippen LogP contribution is 2.18. The average Bonchev–Trinajstić information content (AvgIpc) is 3.25. The summed E-state index contributed by atoms with van der Waals surface area (Å²) in [6, 6.07) is 4.89. The van der Waals surface area contributed by atoms with Gasteiger partial charge in [-0.15, -0.1) is 11.3 Å². The van der Waals surface area contributed by atoms with Crippen LogP contribution in [0.1, 0.15) is 30.6 Å². The second-order valence-corrected chi connectivity index (χ2v) is 7.40. The van der Waals surface area contributed by atoms with E-state index in [4.69, 9.17) is 4.74 Å². The Balaban J connectivity index is 1.35. The van der Waals surface area contributed by atoms with Crippen LogP contribution in [0.25, 0.3) is 0 Å². The summed E-state index contributed by atoms with van der Waals surface area (Å²) in [5.74, 6) is 0.110. The second kappa shape index (κ2) is 8.78. The summed E-state index contributed by atoms with van der Waals surface area (Å²) in [5.41, 5.74) is 0. The number of hydrogen-bond donors (Lipinski definition) is 2. The van der Waals surface area contributed by atoms with Crippen molar-refractivity contribution >= 4 is 17.2 Å². The van der Waals surface area contributed by atoms with Crippen LogP contribution in [0.4, 0.5) is 0 Å². The number of rotatable bonds is 7. The minimum atomic E-state index is 0.110. The predicted octanol–water partition coefficient (Wildman–Crippen LogP) is 1.60. The van der Waals surface area contributed by atoms with Gasteiger partial charge in [-0.1, -0.05) is 12.5 Å². The number of piperidine rings is 1. The first-order valence-electron chi connectivity index (χ1n) is 8.67. The van der Waals surface area contributed by atoms with Crippen molar-refractivity contribution in [2.75, 3.05) is 32.8 Å². The topological polar surface area (TPSA) is 53.6 Å². The van der Waals surface area contributed by atoms with Crippen LogP contribution in [-0.4, -0.2) is 55.7 Å². The number of ether oxygens (including phenoxy) is 1. The smallest absolute Gasteiger partial charge is 0.221 e. The summed E-state index contributed by atoms with van der Waals surface area (Å²) in [7, 11) is 0. The van der Waals surface area contributed by atoms with Gasteiger partial charge in [-0.25, -0.2) is 0 Å². The summed E-state index contributed by atoms with van der Waals surface area (Å²) < 4.78 is 5.67. The highest BCUT2D eigenvalue weighted by Gasteiger charge is 2.33. The van der Waals surface area contributed by atoms with Gasteiger partial charge in [0.15, 0.2) is 0 Å². The fourth-order valence-electron chi connectivity index (χ4n) is 3.41. The molecule has 2 aliphatic rings. The van der Waals surface area contributed by atoms with E-state index in [9.17, 15) is 4.79 Å². The molecule has 6 heteroatoms. The Kier molecular flexibility index (Phi) is 6.45. The van der Waals surface area contributed by atoms with Crippen molar-refractivity contribution in [1.29, 1.82) is 0 Å². The van der Waals surface area contributed by atoms with Gasteiger partial charge in [0.1, 0.15) is 0 Å². The Morgan fingerprint density at radius 2 is 2.17 bits per heavy atom. The fraction of sp³-hybridized carbons (Fsp3) is 0.706. The molecule has 128 valence electrons. The van der Waals surface area contributed by atoms with Crippen LogP contribution in [0.15, 0.2) is 17.5 Å². The molecule has 0 saturated carbocycles. The maximum Gasteiger partial charge on any atom is 0.221 e. The molecular weight excluding hydrogens is 310 g/mol. The highest BCUT2D eigenvalue weighted by molar-refractivity contribution is 7.09. The summed E-state index contributed by atoms with van der Waals surface area (Å²) in [4.78, 5) is 15.7. The van der Waals surface area contributed by atoms with Crippen molar-refractivity contribution in [3.05, 3.63) is 22.4 Å². The largest absolute Gasteiger partial charge is 0.378 e. The first-order chi connectivity index (χ1) is 11.3. The van der Waals surface area contributed by atoms with E-state index in [1.807, 2.05) is 17.5 Å². The standard InChI is InChI=1S/C17H27N3O2S/c21-17(19-11-14-5-4-10-23-14)6-7-18-15-12-22-13-16(15)20-8-2-1-3-9-20/h4-5,10,15-16,18H,1-3,6-9,11-13H2,(H,19,21)/t15-,16-/m0/s1. The molecule has 3 heterocycles. The molecule has 0 aromatic carbocycles. The lowest BCUT2D eigenvalue weighted by atomic mass is 10.0. The summed E-state index contributed by atoms with van der Waals surface area (Å²) in [5, 5.41) is 8.53. The SMILES string of the molecule is O=C(CCN[C@H]1COC[C@@H]1N1CCCCC1)NCc1cccs1. The summed E-state index contributed by atoms with van der Waals surface area (Å²) >= 11 is 1.67. The molecule has 0 unspecified atom stereocenters. The molecule has 1 aromatic rings. The van der Waals surface area contributed by atoms with Gasteiger partial charge in [0.05, 0.1) is 25.8 Å². The van der Waals surface area contributed by atoms with Crippen LogP contribution in [0.5, 0.6) is 0 Å². The molecule has 2 N–H and O–H groups in total. The molecule has 5 nitrogen and oxygen atoms in total. The third-order valence-corrected chi connectivity index (χ3v) is 5.59. The monoisotopic (exact) mass is 337 g/mol. The van der Waals surface area contributed by atoms with E-state index in [0.29, 0.717) is 31.6 Å². The van der Waals surface area contributed by atoms with E-state index in [2.05, 4.69) is 15.5 Å². The van der Waals surface area contributed by atoms with E-state index in [1.54, 1.807) is 11.3 Å². The zero-order valence-electron chi connectivity index (χ0n) is 13.6. The summed E-state index contributed by atoms with van der Waals surface area (Å²) in [6.45, 7) is 5.31. The molecular formula is C17H27N3O2S.